The number of benzene rings is 2. The molecule has 6 nitrogen and oxygen atoms in total. The Morgan fingerprint density at radius 3 is 2.74 bits per heavy atom. The number of oxazole rings is 1. The summed E-state index contributed by atoms with van der Waals surface area (Å²) < 4.78 is 20.5. The zero-order valence-electron chi connectivity index (χ0n) is 14.8. The van der Waals surface area contributed by atoms with E-state index in [2.05, 4.69) is 33.5 Å². The van der Waals surface area contributed by atoms with Gasteiger partial charge in [0.05, 0.1) is 17.6 Å². The van der Waals surface area contributed by atoms with Crippen LogP contribution < -0.4 is 0 Å². The monoisotopic (exact) mass is 381 g/mol. The first-order valence-corrected chi connectivity index (χ1v) is 9.29. The zero-order chi connectivity index (χ0) is 18.8. The third-order valence-corrected chi connectivity index (χ3v) is 5.16. The Balaban J connectivity index is 1.51. The van der Waals surface area contributed by atoms with Crippen molar-refractivity contribution in [3.8, 4) is 17.0 Å². The molecule has 0 unspecified atom stereocenters. The zero-order valence-corrected chi connectivity index (χ0v) is 15.6. The highest BCUT2D eigenvalue weighted by Crippen LogP contribution is 2.27. The van der Waals surface area contributed by atoms with Gasteiger partial charge in [-0.25, -0.2) is 9.37 Å². The Morgan fingerprint density at radius 2 is 1.93 bits per heavy atom. The topological polar surface area (TPSA) is 69.6 Å². The average Bonchev–Trinajstić information content (AvgIpc) is 3.32. The molecule has 136 valence electrons. The molecule has 4 rings (SSSR count). The Morgan fingerprint density at radius 1 is 1.11 bits per heavy atom. The van der Waals surface area contributed by atoms with Gasteiger partial charge in [0.15, 0.2) is 5.76 Å². The third kappa shape index (κ3) is 3.61. The SMILES string of the molecule is Cc1cccc(-n2nnnc2SCc2ncc(-c3ccc(F)cc3)o2)c1C. The summed E-state index contributed by atoms with van der Waals surface area (Å²) in [4.78, 5) is 4.29. The van der Waals surface area contributed by atoms with Gasteiger partial charge in [-0.05, 0) is 65.7 Å². The van der Waals surface area contributed by atoms with Crippen LogP contribution in [0.2, 0.25) is 0 Å². The van der Waals surface area contributed by atoms with Gasteiger partial charge >= 0.3 is 0 Å². The molecule has 27 heavy (non-hydrogen) atoms. The summed E-state index contributed by atoms with van der Waals surface area (Å²) in [6.07, 6.45) is 1.64. The molecule has 0 saturated heterocycles. The maximum Gasteiger partial charge on any atom is 0.214 e. The molecule has 0 bridgehead atoms. The molecule has 0 aliphatic rings. The predicted molar refractivity (Wildman–Crippen MR) is 100 cm³/mol. The van der Waals surface area contributed by atoms with E-state index in [0.29, 0.717) is 22.6 Å². The lowest BCUT2D eigenvalue weighted by Gasteiger charge is -2.09. The van der Waals surface area contributed by atoms with Crippen molar-refractivity contribution in [3.05, 3.63) is 71.5 Å². The molecule has 2 heterocycles. The molecule has 0 aliphatic carbocycles. The van der Waals surface area contributed by atoms with Crippen molar-refractivity contribution in [3.63, 3.8) is 0 Å². The highest BCUT2D eigenvalue weighted by molar-refractivity contribution is 7.98. The fourth-order valence-electron chi connectivity index (χ4n) is 2.64. The van der Waals surface area contributed by atoms with E-state index in [1.807, 2.05) is 19.1 Å². The Hall–Kier alpha value is -3.00. The van der Waals surface area contributed by atoms with Gasteiger partial charge in [0.1, 0.15) is 5.82 Å². The summed E-state index contributed by atoms with van der Waals surface area (Å²) in [5, 5.41) is 12.7. The van der Waals surface area contributed by atoms with Crippen molar-refractivity contribution in [1.82, 2.24) is 25.2 Å². The molecular weight excluding hydrogens is 365 g/mol. The number of thioether (sulfide) groups is 1. The summed E-state index contributed by atoms with van der Waals surface area (Å²) in [5.74, 6) is 1.34. The van der Waals surface area contributed by atoms with Crippen LogP contribution in [0.1, 0.15) is 17.0 Å². The van der Waals surface area contributed by atoms with Crippen LogP contribution in [0.4, 0.5) is 4.39 Å². The second-order valence-electron chi connectivity index (χ2n) is 6.01. The molecule has 0 spiro atoms. The van der Waals surface area contributed by atoms with Crippen LogP contribution in [0.3, 0.4) is 0 Å². The maximum atomic E-state index is 13.0. The predicted octanol–water partition coefficient (Wildman–Crippen LogP) is 4.37. The smallest absolute Gasteiger partial charge is 0.214 e. The quantitative estimate of drug-likeness (QED) is 0.478. The van der Waals surface area contributed by atoms with E-state index in [1.165, 1.54) is 29.5 Å². The van der Waals surface area contributed by atoms with E-state index < -0.39 is 0 Å². The first kappa shape index (κ1) is 17.4. The molecule has 8 heteroatoms. The number of nitrogens with zero attached hydrogens (tertiary/aromatic N) is 5. The van der Waals surface area contributed by atoms with Crippen LogP contribution in [-0.2, 0) is 5.75 Å². The minimum absolute atomic E-state index is 0.285. The summed E-state index contributed by atoms with van der Waals surface area (Å²) in [7, 11) is 0. The van der Waals surface area contributed by atoms with Crippen LogP contribution in [-0.4, -0.2) is 25.2 Å². The molecule has 0 atom stereocenters. The van der Waals surface area contributed by atoms with Gasteiger partial charge in [0, 0.05) is 5.56 Å². The maximum absolute atomic E-state index is 13.0. The van der Waals surface area contributed by atoms with E-state index in [9.17, 15) is 4.39 Å². The molecule has 0 aliphatic heterocycles. The van der Waals surface area contributed by atoms with Crippen molar-refractivity contribution < 1.29 is 8.81 Å². The first-order valence-electron chi connectivity index (χ1n) is 8.30. The fraction of sp³-hybridized carbons (Fsp3) is 0.158. The summed E-state index contributed by atoms with van der Waals surface area (Å²) in [6.45, 7) is 4.10. The van der Waals surface area contributed by atoms with Gasteiger partial charge < -0.3 is 4.42 Å². The molecule has 2 aromatic carbocycles. The Kier molecular flexibility index (Phi) is 4.72. The largest absolute Gasteiger partial charge is 0.440 e. The molecule has 0 fully saturated rings. The number of halogens is 1. The van der Waals surface area contributed by atoms with E-state index in [-0.39, 0.29) is 5.82 Å². The van der Waals surface area contributed by atoms with Gasteiger partial charge in [-0.3, -0.25) is 0 Å². The van der Waals surface area contributed by atoms with Gasteiger partial charge in [-0.15, -0.1) is 5.10 Å². The van der Waals surface area contributed by atoms with Crippen molar-refractivity contribution in [2.24, 2.45) is 0 Å². The normalized spacial score (nSPS) is 11.1. The van der Waals surface area contributed by atoms with Crippen LogP contribution in [0, 0.1) is 19.7 Å². The number of hydrogen-bond acceptors (Lipinski definition) is 6. The van der Waals surface area contributed by atoms with Gasteiger partial charge in [0.25, 0.3) is 0 Å². The molecular formula is C19H16FN5OS. The molecule has 0 saturated carbocycles. The van der Waals surface area contributed by atoms with Crippen molar-refractivity contribution in [2.75, 3.05) is 0 Å². The minimum Gasteiger partial charge on any atom is -0.440 e. The molecule has 0 radical (unpaired) electrons. The highest BCUT2D eigenvalue weighted by atomic mass is 32.2. The summed E-state index contributed by atoms with van der Waals surface area (Å²) in [6, 6.07) is 12.1. The second kappa shape index (κ2) is 7.32. The number of hydrogen-bond donors (Lipinski definition) is 0. The Labute approximate surface area is 159 Å². The lowest BCUT2D eigenvalue weighted by atomic mass is 10.1. The van der Waals surface area contributed by atoms with Crippen molar-refractivity contribution in [2.45, 2.75) is 24.8 Å². The fourth-order valence-corrected chi connectivity index (χ4v) is 3.37. The van der Waals surface area contributed by atoms with Gasteiger partial charge in [-0.1, -0.05) is 23.9 Å². The number of aryl methyl sites for hydroxylation is 1. The van der Waals surface area contributed by atoms with E-state index in [0.717, 1.165) is 16.8 Å². The van der Waals surface area contributed by atoms with Crippen molar-refractivity contribution in [1.29, 1.82) is 0 Å². The lowest BCUT2D eigenvalue weighted by molar-refractivity contribution is 0.529. The molecule has 4 aromatic rings. The lowest BCUT2D eigenvalue weighted by Crippen LogP contribution is -2.02. The second-order valence-corrected chi connectivity index (χ2v) is 6.95. The molecule has 0 amide bonds. The number of rotatable bonds is 5. The standard InChI is InChI=1S/C19H16FN5OS/c1-12-4-3-5-16(13(12)2)25-19(22-23-24-25)27-11-18-21-10-17(26-18)14-6-8-15(20)9-7-14/h3-10H,11H2,1-2H3. The van der Waals surface area contributed by atoms with E-state index in [4.69, 9.17) is 4.42 Å². The van der Waals surface area contributed by atoms with Crippen LogP contribution in [0.25, 0.3) is 17.0 Å². The summed E-state index contributed by atoms with van der Waals surface area (Å²) >= 11 is 1.44. The van der Waals surface area contributed by atoms with Crippen LogP contribution >= 0.6 is 11.8 Å². The molecule has 2 aromatic heterocycles. The van der Waals surface area contributed by atoms with E-state index in [1.54, 1.807) is 23.0 Å². The number of tetrazole rings is 1. The van der Waals surface area contributed by atoms with Gasteiger partial charge in [0.2, 0.25) is 11.0 Å². The van der Waals surface area contributed by atoms with Gasteiger partial charge in [-0.2, -0.15) is 4.68 Å². The Bertz CT molecular complexity index is 1070. The van der Waals surface area contributed by atoms with Crippen molar-refractivity contribution >= 4 is 11.8 Å². The summed E-state index contributed by atoms with van der Waals surface area (Å²) in [5.41, 5.74) is 4.03. The van der Waals surface area contributed by atoms with Crippen LogP contribution in [0.15, 0.2) is 58.2 Å². The van der Waals surface area contributed by atoms with Crippen LogP contribution in [0.5, 0.6) is 0 Å². The minimum atomic E-state index is -0.285. The average molecular weight is 381 g/mol. The molecule has 0 N–H and O–H groups in total. The number of aromatic nitrogens is 5. The van der Waals surface area contributed by atoms with E-state index >= 15 is 0 Å². The third-order valence-electron chi connectivity index (χ3n) is 4.25. The highest BCUT2D eigenvalue weighted by Gasteiger charge is 2.14. The first-order chi connectivity index (χ1) is 13.1.